The van der Waals surface area contributed by atoms with E-state index in [1.54, 1.807) is 12.1 Å². The van der Waals surface area contributed by atoms with Crippen LogP contribution in [0.3, 0.4) is 0 Å². The Hall–Kier alpha value is -3.27. The number of hydrogen-bond donors (Lipinski definition) is 2. The summed E-state index contributed by atoms with van der Waals surface area (Å²) in [7, 11) is 0. The second kappa shape index (κ2) is 8.10. The van der Waals surface area contributed by atoms with Gasteiger partial charge in [0.05, 0.1) is 5.69 Å². The molecule has 0 unspecified atom stereocenters. The van der Waals surface area contributed by atoms with E-state index < -0.39 is 17.8 Å². The lowest BCUT2D eigenvalue weighted by Gasteiger charge is -2.09. The molecule has 2 heterocycles. The Morgan fingerprint density at radius 1 is 1.06 bits per heavy atom. The molecule has 0 bridgehead atoms. The van der Waals surface area contributed by atoms with Crippen LogP contribution in [0.25, 0.3) is 11.3 Å². The van der Waals surface area contributed by atoms with Crippen LogP contribution in [0.2, 0.25) is 0 Å². The third-order valence-corrected chi connectivity index (χ3v) is 5.57. The zero-order valence-corrected chi connectivity index (χ0v) is 17.1. The van der Waals surface area contributed by atoms with Gasteiger partial charge >= 0.3 is 6.18 Å². The molecule has 0 spiro atoms. The van der Waals surface area contributed by atoms with Gasteiger partial charge in [0.1, 0.15) is 10.6 Å². The Morgan fingerprint density at radius 3 is 2.39 bits per heavy atom. The number of alkyl halides is 3. The minimum absolute atomic E-state index is 0.0173. The van der Waals surface area contributed by atoms with Crippen LogP contribution in [0.1, 0.15) is 46.6 Å². The van der Waals surface area contributed by atoms with Crippen LogP contribution in [0.5, 0.6) is 0 Å². The first-order chi connectivity index (χ1) is 14.7. The lowest BCUT2D eigenvalue weighted by molar-refractivity contribution is -0.141. The van der Waals surface area contributed by atoms with Crippen LogP contribution in [0.15, 0.2) is 42.6 Å². The Bertz CT molecular complexity index is 1140. The molecule has 10 heteroatoms. The van der Waals surface area contributed by atoms with E-state index in [2.05, 4.69) is 20.0 Å². The standard InChI is InChI=1S/C21H17F3N4O2S/c1-11(29)26-14-6-4-13(5-7-14)18-17(12-2-3-12)19(31-28-18)20(30)27-15-8-9-25-16(10-15)21(22,23)24/h4-10,12H,2-3H2,1H3,(H,26,29)(H,25,27,30). The molecule has 160 valence electrons. The van der Waals surface area contributed by atoms with Crippen molar-refractivity contribution in [1.82, 2.24) is 9.36 Å². The van der Waals surface area contributed by atoms with Crippen LogP contribution in [0, 0.1) is 0 Å². The van der Waals surface area contributed by atoms with Crippen molar-refractivity contribution in [2.24, 2.45) is 0 Å². The number of halogens is 3. The summed E-state index contributed by atoms with van der Waals surface area (Å²) in [6, 6.07) is 9.24. The van der Waals surface area contributed by atoms with E-state index in [9.17, 15) is 22.8 Å². The summed E-state index contributed by atoms with van der Waals surface area (Å²) in [6.07, 6.45) is -1.75. The first-order valence-electron chi connectivity index (χ1n) is 9.44. The number of benzene rings is 1. The molecular weight excluding hydrogens is 429 g/mol. The molecule has 1 fully saturated rings. The van der Waals surface area contributed by atoms with Gasteiger partial charge in [0.25, 0.3) is 5.91 Å². The monoisotopic (exact) mass is 446 g/mol. The predicted molar refractivity (Wildman–Crippen MR) is 111 cm³/mol. The van der Waals surface area contributed by atoms with Crippen LogP contribution in [-0.4, -0.2) is 21.2 Å². The number of carbonyl (C=O) groups excluding carboxylic acids is 2. The molecule has 4 rings (SSSR count). The number of nitrogens with zero attached hydrogens (tertiary/aromatic N) is 2. The van der Waals surface area contributed by atoms with Crippen LogP contribution in [0.4, 0.5) is 24.5 Å². The summed E-state index contributed by atoms with van der Waals surface area (Å²) in [6.45, 7) is 1.42. The molecule has 2 amide bonds. The fourth-order valence-electron chi connectivity index (χ4n) is 3.19. The molecule has 0 saturated heterocycles. The highest BCUT2D eigenvalue weighted by Crippen LogP contribution is 2.47. The number of hydrogen-bond acceptors (Lipinski definition) is 5. The van der Waals surface area contributed by atoms with Crippen LogP contribution >= 0.6 is 11.5 Å². The van der Waals surface area contributed by atoms with Crippen molar-refractivity contribution in [3.8, 4) is 11.3 Å². The lowest BCUT2D eigenvalue weighted by atomic mass is 10.0. The molecule has 2 N–H and O–H groups in total. The molecular formula is C21H17F3N4O2S. The first kappa shape index (κ1) is 21.0. The summed E-state index contributed by atoms with van der Waals surface area (Å²) in [5, 5.41) is 5.23. The van der Waals surface area contributed by atoms with E-state index in [-0.39, 0.29) is 17.5 Å². The van der Waals surface area contributed by atoms with E-state index in [1.165, 1.54) is 13.0 Å². The van der Waals surface area contributed by atoms with Crippen molar-refractivity contribution in [3.05, 3.63) is 58.7 Å². The van der Waals surface area contributed by atoms with E-state index >= 15 is 0 Å². The van der Waals surface area contributed by atoms with E-state index in [0.29, 0.717) is 16.3 Å². The number of carbonyl (C=O) groups is 2. The number of pyridine rings is 1. The third kappa shape index (κ3) is 4.74. The minimum atomic E-state index is -4.60. The zero-order valence-electron chi connectivity index (χ0n) is 16.3. The van der Waals surface area contributed by atoms with Crippen molar-refractivity contribution < 1.29 is 22.8 Å². The van der Waals surface area contributed by atoms with Gasteiger partial charge in [0, 0.05) is 35.6 Å². The average Bonchev–Trinajstić information content (AvgIpc) is 3.45. The van der Waals surface area contributed by atoms with Gasteiger partial charge in [0.15, 0.2) is 0 Å². The molecule has 1 aliphatic carbocycles. The predicted octanol–water partition coefficient (Wildman–Crippen LogP) is 5.31. The third-order valence-electron chi connectivity index (χ3n) is 4.71. The minimum Gasteiger partial charge on any atom is -0.326 e. The quantitative estimate of drug-likeness (QED) is 0.556. The molecule has 2 aromatic heterocycles. The van der Waals surface area contributed by atoms with Crippen molar-refractivity contribution in [1.29, 1.82) is 0 Å². The highest BCUT2D eigenvalue weighted by Gasteiger charge is 2.35. The van der Waals surface area contributed by atoms with Gasteiger partial charge in [-0.05, 0) is 54.6 Å². The molecule has 1 saturated carbocycles. The molecule has 0 aliphatic heterocycles. The van der Waals surface area contributed by atoms with Crippen LogP contribution in [-0.2, 0) is 11.0 Å². The van der Waals surface area contributed by atoms with Crippen LogP contribution < -0.4 is 10.6 Å². The highest BCUT2D eigenvalue weighted by molar-refractivity contribution is 7.08. The van der Waals surface area contributed by atoms with Crippen molar-refractivity contribution in [3.63, 3.8) is 0 Å². The number of aromatic nitrogens is 2. The van der Waals surface area contributed by atoms with E-state index in [1.807, 2.05) is 12.1 Å². The number of anilines is 2. The maximum absolute atomic E-state index is 12.9. The smallest absolute Gasteiger partial charge is 0.326 e. The zero-order chi connectivity index (χ0) is 22.2. The number of nitrogens with one attached hydrogen (secondary N) is 2. The highest BCUT2D eigenvalue weighted by atomic mass is 32.1. The first-order valence-corrected chi connectivity index (χ1v) is 10.2. The average molecular weight is 446 g/mol. The molecule has 6 nitrogen and oxygen atoms in total. The number of rotatable bonds is 5. The van der Waals surface area contributed by atoms with Gasteiger partial charge in [-0.25, -0.2) is 0 Å². The van der Waals surface area contributed by atoms with Gasteiger partial charge < -0.3 is 10.6 Å². The Balaban J connectivity index is 1.61. The Kier molecular flexibility index (Phi) is 5.48. The molecule has 0 atom stereocenters. The summed E-state index contributed by atoms with van der Waals surface area (Å²) < 4.78 is 43.1. The SMILES string of the molecule is CC(=O)Nc1ccc(-c2nsc(C(=O)Nc3ccnc(C(F)(F)F)c3)c2C2CC2)cc1. The van der Waals surface area contributed by atoms with Gasteiger partial charge in [-0.1, -0.05) is 12.1 Å². The normalized spacial score (nSPS) is 13.7. The molecule has 1 aliphatic rings. The number of amides is 2. The topological polar surface area (TPSA) is 84.0 Å². The van der Waals surface area contributed by atoms with Gasteiger partial charge in [0.2, 0.25) is 5.91 Å². The maximum Gasteiger partial charge on any atom is 0.433 e. The summed E-state index contributed by atoms with van der Waals surface area (Å²) >= 11 is 1.02. The summed E-state index contributed by atoms with van der Waals surface area (Å²) in [5.74, 6) is -0.489. The Labute approximate surface area is 179 Å². The molecule has 0 radical (unpaired) electrons. The second-order valence-electron chi connectivity index (χ2n) is 7.19. The maximum atomic E-state index is 12.9. The van der Waals surface area contributed by atoms with Crippen molar-refractivity contribution >= 4 is 34.7 Å². The van der Waals surface area contributed by atoms with E-state index in [0.717, 1.165) is 47.8 Å². The molecule has 1 aromatic carbocycles. The van der Waals surface area contributed by atoms with E-state index in [4.69, 9.17) is 0 Å². The van der Waals surface area contributed by atoms with Crippen molar-refractivity contribution in [2.45, 2.75) is 31.9 Å². The lowest BCUT2D eigenvalue weighted by Crippen LogP contribution is -2.14. The van der Waals surface area contributed by atoms with Gasteiger partial charge in [-0.15, -0.1) is 0 Å². The largest absolute Gasteiger partial charge is 0.433 e. The summed E-state index contributed by atoms with van der Waals surface area (Å²) in [4.78, 5) is 27.7. The second-order valence-corrected chi connectivity index (χ2v) is 7.96. The fraction of sp³-hybridized carbons (Fsp3) is 0.238. The van der Waals surface area contributed by atoms with Gasteiger partial charge in [-0.2, -0.15) is 17.5 Å². The fourth-order valence-corrected chi connectivity index (χ4v) is 4.07. The van der Waals surface area contributed by atoms with Crippen molar-refractivity contribution in [2.75, 3.05) is 10.6 Å². The summed E-state index contributed by atoms with van der Waals surface area (Å²) in [5.41, 5.74) is 1.88. The molecule has 3 aromatic rings. The Morgan fingerprint density at radius 2 is 1.77 bits per heavy atom. The van der Waals surface area contributed by atoms with Gasteiger partial charge in [-0.3, -0.25) is 14.6 Å². The molecule has 31 heavy (non-hydrogen) atoms.